The van der Waals surface area contributed by atoms with Gasteiger partial charge in [0.05, 0.1) is 0 Å². The van der Waals surface area contributed by atoms with Crippen LogP contribution in [0.3, 0.4) is 0 Å². The molecule has 0 radical (unpaired) electrons. The summed E-state index contributed by atoms with van der Waals surface area (Å²) in [4.78, 5) is 0. The first-order valence-electron chi connectivity index (χ1n) is 27.8. The third kappa shape index (κ3) is 60.3. The predicted octanol–water partition coefficient (Wildman–Crippen LogP) is 23.9. The summed E-state index contributed by atoms with van der Waals surface area (Å²) >= 11 is 0. The third-order valence-corrected chi connectivity index (χ3v) is 10.4. The van der Waals surface area contributed by atoms with Crippen LogP contribution in [0.2, 0.25) is 0 Å². The van der Waals surface area contributed by atoms with Crippen LogP contribution in [0.4, 0.5) is 0 Å². The van der Waals surface area contributed by atoms with E-state index in [0.717, 1.165) is 17.8 Å². The highest BCUT2D eigenvalue weighted by Gasteiger charge is 2.14. The SMILES string of the molecule is CC.CC(C)(C)C.CC(C)C.CC(C)C(C)(C)C.CC1CCCCC1.CCC.Cc1cc(C)cc(C)c1.Cc1ccc(C(C)(C)C)cc1.Cc1cccc(C)c1.Cc1ccccc1.Cc1ccccc1C. The van der Waals surface area contributed by atoms with Crippen molar-refractivity contribution < 1.29 is 0 Å². The van der Waals surface area contributed by atoms with E-state index in [1.165, 1.54) is 94.2 Å². The molecule has 406 valence electrons. The predicted molar refractivity (Wildman–Crippen MR) is 333 cm³/mol. The summed E-state index contributed by atoms with van der Waals surface area (Å²) in [5.74, 6) is 2.67. The first-order valence-corrected chi connectivity index (χ1v) is 27.8. The van der Waals surface area contributed by atoms with E-state index >= 15 is 0 Å². The van der Waals surface area contributed by atoms with Crippen molar-refractivity contribution in [2.24, 2.45) is 28.6 Å². The standard InChI is InChI=1S/C11H16.C9H12.2C8H10.C7H14.C7H8.C7H16.C5H12.C4H10.C3H8.C2H6/c1-9-5-7-10(8-6-9)11(2,3)4;1-7-4-8(2)6-9(3)5-7;1-7-4-3-5-8(2)6-7;1-7-5-3-4-6-8(7)2;2*1-7-5-3-2-4-6-7;1-6(2)7(3,4)5;1-5(2,3)4;1-4(2)3;1-3-2;1-2/h5-8H,1-4H3;4-6H,1-3H3;2*3-6H,1-2H3;7H,2-6H2,1H3;2-6H,1H3;6H,1-5H3;1-4H3;4H,1-3H3;3H2,1-2H3;1-2H3. The second-order valence-corrected chi connectivity index (χ2v) is 24.4. The van der Waals surface area contributed by atoms with Crippen LogP contribution < -0.4 is 0 Å². The first-order chi connectivity index (χ1) is 32.7. The van der Waals surface area contributed by atoms with Crippen molar-refractivity contribution in [2.75, 3.05) is 0 Å². The molecule has 6 rings (SSSR count). The molecule has 0 saturated heterocycles. The second-order valence-electron chi connectivity index (χ2n) is 24.4. The van der Waals surface area contributed by atoms with E-state index in [4.69, 9.17) is 0 Å². The maximum Gasteiger partial charge on any atom is -0.0132 e. The largest absolute Gasteiger partial charge is 0.0683 e. The first kappa shape index (κ1) is 76.0. The van der Waals surface area contributed by atoms with E-state index < -0.39 is 0 Å². The molecule has 0 amide bonds. The molecule has 1 saturated carbocycles. The Kier molecular flexibility index (Phi) is 47.9. The summed E-state index contributed by atoms with van der Waals surface area (Å²) in [6.07, 6.45) is 8.69. The van der Waals surface area contributed by atoms with Gasteiger partial charge in [0.1, 0.15) is 0 Å². The third-order valence-electron chi connectivity index (χ3n) is 10.4. The molecule has 1 fully saturated rings. The van der Waals surface area contributed by atoms with Gasteiger partial charge >= 0.3 is 0 Å². The molecule has 0 aliphatic heterocycles. The van der Waals surface area contributed by atoms with Gasteiger partial charge in [0.15, 0.2) is 0 Å². The molecule has 0 aromatic heterocycles. The van der Waals surface area contributed by atoms with Crippen LogP contribution in [0.15, 0.2) is 121 Å². The van der Waals surface area contributed by atoms with Gasteiger partial charge in [0.2, 0.25) is 0 Å². The van der Waals surface area contributed by atoms with Crippen molar-refractivity contribution in [1.29, 1.82) is 0 Å². The summed E-state index contributed by atoms with van der Waals surface area (Å²) < 4.78 is 0. The van der Waals surface area contributed by atoms with Gasteiger partial charge in [0.25, 0.3) is 0 Å². The van der Waals surface area contributed by atoms with Crippen LogP contribution in [0.5, 0.6) is 0 Å². The number of benzene rings is 5. The molecule has 5 aromatic rings. The minimum absolute atomic E-state index is 0.285. The molecule has 1 aliphatic rings. The Morgan fingerprint density at radius 2 is 0.676 bits per heavy atom. The highest BCUT2D eigenvalue weighted by Crippen LogP contribution is 2.24. The number of rotatable bonds is 0. The van der Waals surface area contributed by atoms with Crippen LogP contribution in [-0.2, 0) is 5.41 Å². The average molecular weight is 976 g/mol. The highest BCUT2D eigenvalue weighted by molar-refractivity contribution is 5.28. The van der Waals surface area contributed by atoms with Crippen molar-refractivity contribution in [3.63, 3.8) is 0 Å². The Balaban J connectivity index is -0.000000230. The van der Waals surface area contributed by atoms with Gasteiger partial charge in [-0.25, -0.2) is 0 Å². The van der Waals surface area contributed by atoms with Crippen LogP contribution in [0.25, 0.3) is 0 Å². The molecule has 1 aliphatic carbocycles. The van der Waals surface area contributed by atoms with Crippen LogP contribution >= 0.6 is 0 Å². The van der Waals surface area contributed by atoms with E-state index in [2.05, 4.69) is 290 Å². The zero-order chi connectivity index (χ0) is 56.4. The summed E-state index contributed by atoms with van der Waals surface area (Å²) in [7, 11) is 0. The monoisotopic (exact) mass is 975 g/mol. The minimum Gasteiger partial charge on any atom is -0.0683 e. The van der Waals surface area contributed by atoms with E-state index in [0.29, 0.717) is 10.8 Å². The molecule has 0 N–H and O–H groups in total. The Bertz CT molecular complexity index is 1780. The van der Waals surface area contributed by atoms with E-state index in [1.54, 1.807) is 0 Å². The lowest BCUT2D eigenvalue weighted by Crippen LogP contribution is -2.12. The molecule has 71 heavy (non-hydrogen) atoms. The van der Waals surface area contributed by atoms with Crippen LogP contribution in [-0.4, -0.2) is 0 Å². The number of hydrogen-bond acceptors (Lipinski definition) is 0. The van der Waals surface area contributed by atoms with Crippen molar-refractivity contribution >= 4 is 0 Å². The Labute approximate surface area is 448 Å². The fourth-order valence-corrected chi connectivity index (χ4v) is 5.57. The molecule has 0 spiro atoms. The molecule has 0 heterocycles. The van der Waals surface area contributed by atoms with E-state index in [-0.39, 0.29) is 5.41 Å². The maximum absolute atomic E-state index is 2.36. The lowest BCUT2D eigenvalue weighted by Gasteiger charge is -2.22. The van der Waals surface area contributed by atoms with Gasteiger partial charge in [-0.2, -0.15) is 0 Å². The lowest BCUT2D eigenvalue weighted by molar-refractivity contribution is 0.283. The molecule has 5 aromatic carbocycles. The van der Waals surface area contributed by atoms with Crippen LogP contribution in [0.1, 0.15) is 233 Å². The van der Waals surface area contributed by atoms with Crippen molar-refractivity contribution in [1.82, 2.24) is 0 Å². The summed E-state index contributed by atoms with van der Waals surface area (Å²) in [5.41, 5.74) is 14.8. The summed E-state index contributed by atoms with van der Waals surface area (Å²) in [6, 6.07) is 42.4. The van der Waals surface area contributed by atoms with Gasteiger partial charge in [-0.15, -0.1) is 0 Å². The summed E-state index contributed by atoms with van der Waals surface area (Å²) in [5, 5.41) is 0. The fraction of sp³-hybridized carbons (Fsp3) is 0.577. The second kappa shape index (κ2) is 44.8. The normalized spacial score (nSPS) is 11.4. The average Bonchev–Trinajstić information content (AvgIpc) is 3.23. The number of hydrogen-bond donors (Lipinski definition) is 0. The fourth-order valence-electron chi connectivity index (χ4n) is 5.57. The van der Waals surface area contributed by atoms with Crippen LogP contribution in [0, 0.1) is 90.9 Å². The molecular formula is C71H122. The van der Waals surface area contributed by atoms with Gasteiger partial charge in [-0.05, 0) is 113 Å². The van der Waals surface area contributed by atoms with E-state index in [1.807, 2.05) is 32.0 Å². The Hall–Kier alpha value is -3.90. The zero-order valence-electron chi connectivity index (χ0n) is 53.0. The van der Waals surface area contributed by atoms with Gasteiger partial charge in [-0.3, -0.25) is 0 Å². The molecule has 0 heteroatoms. The lowest BCUT2D eigenvalue weighted by atomic mass is 9.84. The number of aryl methyl sites for hydroxylation is 9. The molecular weight excluding hydrogens is 853 g/mol. The molecule has 0 bridgehead atoms. The Morgan fingerprint density at radius 3 is 0.873 bits per heavy atom. The topological polar surface area (TPSA) is 0 Å². The van der Waals surface area contributed by atoms with Gasteiger partial charge in [0, 0.05) is 0 Å². The zero-order valence-corrected chi connectivity index (χ0v) is 53.0. The van der Waals surface area contributed by atoms with Crippen molar-refractivity contribution in [3.05, 3.63) is 177 Å². The maximum atomic E-state index is 2.36. The smallest absolute Gasteiger partial charge is 0.0132 e. The van der Waals surface area contributed by atoms with Gasteiger partial charge in [-0.1, -0.05) is 337 Å². The highest BCUT2D eigenvalue weighted by atomic mass is 14.2. The molecule has 0 unspecified atom stereocenters. The summed E-state index contributed by atoms with van der Waals surface area (Å²) in [6.45, 7) is 62.9. The molecule has 0 atom stereocenters. The molecule has 0 nitrogen and oxygen atoms in total. The van der Waals surface area contributed by atoms with Crippen molar-refractivity contribution in [3.8, 4) is 0 Å². The van der Waals surface area contributed by atoms with E-state index in [9.17, 15) is 0 Å². The van der Waals surface area contributed by atoms with Crippen molar-refractivity contribution in [2.45, 2.75) is 245 Å². The minimum atomic E-state index is 0.285. The Morgan fingerprint density at radius 1 is 0.408 bits per heavy atom. The van der Waals surface area contributed by atoms with Gasteiger partial charge < -0.3 is 0 Å². The quantitative estimate of drug-likeness (QED) is 0.145.